The first-order valence-electron chi connectivity index (χ1n) is 8.76. The second-order valence-electron chi connectivity index (χ2n) is 7.25. The van der Waals surface area contributed by atoms with Gasteiger partial charge in [-0.25, -0.2) is 8.42 Å². The number of hydrazine groups is 1. The number of amides is 1. The molecule has 29 heavy (non-hydrogen) atoms. The molecule has 2 aromatic carbocycles. The predicted molar refractivity (Wildman–Crippen MR) is 109 cm³/mol. The fraction of sp³-hybridized carbons (Fsp3) is 0.350. The van der Waals surface area contributed by atoms with Gasteiger partial charge in [-0.1, -0.05) is 32.9 Å². The summed E-state index contributed by atoms with van der Waals surface area (Å²) in [5, 5.41) is 0. The van der Waals surface area contributed by atoms with Crippen LogP contribution >= 0.6 is 0 Å². The van der Waals surface area contributed by atoms with E-state index in [9.17, 15) is 13.2 Å². The summed E-state index contributed by atoms with van der Waals surface area (Å²) in [6.07, 6.45) is 0. The van der Waals surface area contributed by atoms with E-state index in [0.717, 1.165) is 5.56 Å². The fourth-order valence-corrected chi connectivity index (χ4v) is 3.43. The topological polar surface area (TPSA) is 103 Å². The van der Waals surface area contributed by atoms with Gasteiger partial charge in [-0.15, -0.1) is 4.83 Å². The lowest BCUT2D eigenvalue weighted by atomic mass is 9.87. The van der Waals surface area contributed by atoms with Crippen LogP contribution in [-0.2, 0) is 15.4 Å². The molecular formula is C20H26N2O6S. The van der Waals surface area contributed by atoms with Crippen LogP contribution in [0.4, 0.5) is 0 Å². The largest absolute Gasteiger partial charge is 0.493 e. The summed E-state index contributed by atoms with van der Waals surface area (Å²) in [4.78, 5) is 14.6. The van der Waals surface area contributed by atoms with Crippen LogP contribution in [0.5, 0.6) is 17.2 Å². The molecule has 158 valence electrons. The molecular weight excluding hydrogens is 396 g/mol. The van der Waals surface area contributed by atoms with Crippen LogP contribution in [0.25, 0.3) is 0 Å². The molecule has 2 aromatic rings. The SMILES string of the molecule is COc1cc(C(=O)NNS(=O)(=O)c2ccc(C(C)(C)C)cc2)cc(OC)c1OC. The van der Waals surface area contributed by atoms with Gasteiger partial charge in [0.05, 0.1) is 26.2 Å². The van der Waals surface area contributed by atoms with Crippen LogP contribution in [0.3, 0.4) is 0 Å². The van der Waals surface area contributed by atoms with Gasteiger partial charge in [-0.05, 0) is 35.2 Å². The predicted octanol–water partition coefficient (Wildman–Crippen LogP) is 2.63. The van der Waals surface area contributed by atoms with Crippen LogP contribution in [0.2, 0.25) is 0 Å². The standard InChI is InChI=1S/C20H26N2O6S/c1-20(2,3)14-7-9-15(10-8-14)29(24,25)22-21-19(23)13-11-16(26-4)18(28-6)17(12-13)27-5/h7-12,22H,1-6H3,(H,21,23). The molecule has 0 aliphatic heterocycles. The van der Waals surface area contributed by atoms with Crippen molar-refractivity contribution in [2.45, 2.75) is 31.1 Å². The fourth-order valence-electron chi connectivity index (χ4n) is 2.59. The molecule has 0 aliphatic carbocycles. The number of carbonyl (C=O) groups excluding carboxylic acids is 1. The molecule has 0 fully saturated rings. The van der Waals surface area contributed by atoms with Gasteiger partial charge in [0.2, 0.25) is 5.75 Å². The third kappa shape index (κ3) is 5.18. The van der Waals surface area contributed by atoms with Crippen molar-refractivity contribution in [1.82, 2.24) is 10.3 Å². The zero-order chi connectivity index (χ0) is 21.8. The van der Waals surface area contributed by atoms with Crippen molar-refractivity contribution in [3.63, 3.8) is 0 Å². The third-order valence-corrected chi connectivity index (χ3v) is 5.52. The lowest BCUT2D eigenvalue weighted by Crippen LogP contribution is -2.41. The Balaban J connectivity index is 2.19. The van der Waals surface area contributed by atoms with Crippen molar-refractivity contribution in [1.29, 1.82) is 0 Å². The molecule has 0 atom stereocenters. The summed E-state index contributed by atoms with van der Waals surface area (Å²) in [7, 11) is 0.344. The second kappa shape index (κ2) is 8.71. The highest BCUT2D eigenvalue weighted by Gasteiger charge is 2.20. The molecule has 0 saturated carbocycles. The Morgan fingerprint density at radius 2 is 1.41 bits per heavy atom. The van der Waals surface area contributed by atoms with Crippen LogP contribution in [-0.4, -0.2) is 35.7 Å². The average Bonchev–Trinajstić information content (AvgIpc) is 2.70. The quantitative estimate of drug-likeness (QED) is 0.665. The Morgan fingerprint density at radius 1 is 0.897 bits per heavy atom. The Kier molecular flexibility index (Phi) is 6.76. The van der Waals surface area contributed by atoms with E-state index >= 15 is 0 Å². The molecule has 0 unspecified atom stereocenters. The number of benzene rings is 2. The molecule has 0 spiro atoms. The van der Waals surface area contributed by atoms with Crippen LogP contribution in [0.15, 0.2) is 41.3 Å². The first-order valence-corrected chi connectivity index (χ1v) is 10.2. The summed E-state index contributed by atoms with van der Waals surface area (Å²) >= 11 is 0. The number of nitrogens with one attached hydrogen (secondary N) is 2. The molecule has 0 radical (unpaired) electrons. The van der Waals surface area contributed by atoms with Gasteiger partial charge in [0.15, 0.2) is 11.5 Å². The van der Waals surface area contributed by atoms with Crippen LogP contribution in [0.1, 0.15) is 36.7 Å². The summed E-state index contributed by atoms with van der Waals surface area (Å²) in [5.41, 5.74) is 3.22. The minimum Gasteiger partial charge on any atom is -0.493 e. The summed E-state index contributed by atoms with van der Waals surface area (Å²) in [5.74, 6) is 0.195. The lowest BCUT2D eigenvalue weighted by molar-refractivity contribution is 0.0944. The minimum absolute atomic E-state index is 0.0377. The van der Waals surface area contributed by atoms with E-state index in [-0.39, 0.29) is 27.4 Å². The van der Waals surface area contributed by atoms with Gasteiger partial charge >= 0.3 is 0 Å². The monoisotopic (exact) mass is 422 g/mol. The van der Waals surface area contributed by atoms with Gasteiger partial charge in [0, 0.05) is 5.56 Å². The molecule has 2 rings (SSSR count). The molecule has 0 bridgehead atoms. The molecule has 2 N–H and O–H groups in total. The van der Waals surface area contributed by atoms with E-state index in [1.165, 1.54) is 45.6 Å². The van der Waals surface area contributed by atoms with Gasteiger partial charge < -0.3 is 14.2 Å². The summed E-state index contributed by atoms with van der Waals surface area (Å²) < 4.78 is 40.6. The first-order chi connectivity index (χ1) is 13.5. The number of ether oxygens (including phenoxy) is 3. The highest BCUT2D eigenvalue weighted by atomic mass is 32.2. The number of carbonyl (C=O) groups is 1. The maximum Gasteiger partial charge on any atom is 0.266 e. The van der Waals surface area contributed by atoms with Crippen molar-refractivity contribution in [2.24, 2.45) is 0 Å². The van der Waals surface area contributed by atoms with Crippen LogP contribution < -0.4 is 24.5 Å². The average molecular weight is 423 g/mol. The molecule has 8 nitrogen and oxygen atoms in total. The smallest absolute Gasteiger partial charge is 0.266 e. The Bertz CT molecular complexity index is 954. The Morgan fingerprint density at radius 3 is 1.83 bits per heavy atom. The van der Waals surface area contributed by atoms with Gasteiger partial charge in [0.25, 0.3) is 15.9 Å². The summed E-state index contributed by atoms with van der Waals surface area (Å²) in [6, 6.07) is 9.32. The van der Waals surface area contributed by atoms with Gasteiger partial charge in [-0.2, -0.15) is 0 Å². The Hall–Kier alpha value is -2.78. The van der Waals surface area contributed by atoms with E-state index in [2.05, 4.69) is 10.3 Å². The normalized spacial score (nSPS) is 11.7. The third-order valence-electron chi connectivity index (χ3n) is 4.26. The van der Waals surface area contributed by atoms with Crippen molar-refractivity contribution in [3.8, 4) is 17.2 Å². The van der Waals surface area contributed by atoms with Crippen LogP contribution in [0, 0.1) is 0 Å². The zero-order valence-electron chi connectivity index (χ0n) is 17.3. The second-order valence-corrected chi connectivity index (χ2v) is 8.93. The summed E-state index contributed by atoms with van der Waals surface area (Å²) in [6.45, 7) is 6.10. The lowest BCUT2D eigenvalue weighted by Gasteiger charge is -2.19. The molecule has 1 amide bonds. The molecule has 0 saturated heterocycles. The zero-order valence-corrected chi connectivity index (χ0v) is 18.1. The number of methoxy groups -OCH3 is 3. The maximum absolute atomic E-state index is 12.5. The highest BCUT2D eigenvalue weighted by molar-refractivity contribution is 7.89. The number of hydrogen-bond acceptors (Lipinski definition) is 6. The van der Waals surface area contributed by atoms with E-state index < -0.39 is 15.9 Å². The number of sulfonamides is 1. The first kappa shape index (κ1) is 22.5. The van der Waals surface area contributed by atoms with E-state index in [1.54, 1.807) is 12.1 Å². The minimum atomic E-state index is -3.94. The van der Waals surface area contributed by atoms with Crippen molar-refractivity contribution < 1.29 is 27.4 Å². The number of rotatable bonds is 7. The van der Waals surface area contributed by atoms with Gasteiger partial charge in [-0.3, -0.25) is 10.2 Å². The Labute approximate surface area is 171 Å². The molecule has 0 aromatic heterocycles. The van der Waals surface area contributed by atoms with Crippen molar-refractivity contribution in [2.75, 3.05) is 21.3 Å². The molecule has 0 heterocycles. The number of hydrogen-bond donors (Lipinski definition) is 2. The highest BCUT2D eigenvalue weighted by Crippen LogP contribution is 2.38. The van der Waals surface area contributed by atoms with Crippen molar-refractivity contribution in [3.05, 3.63) is 47.5 Å². The maximum atomic E-state index is 12.5. The van der Waals surface area contributed by atoms with E-state index in [0.29, 0.717) is 5.75 Å². The van der Waals surface area contributed by atoms with E-state index in [4.69, 9.17) is 14.2 Å². The molecule has 0 aliphatic rings. The van der Waals surface area contributed by atoms with Gasteiger partial charge in [0.1, 0.15) is 0 Å². The van der Waals surface area contributed by atoms with Crippen molar-refractivity contribution >= 4 is 15.9 Å². The van der Waals surface area contributed by atoms with E-state index in [1.807, 2.05) is 20.8 Å². The molecule has 9 heteroatoms.